The summed E-state index contributed by atoms with van der Waals surface area (Å²) in [7, 11) is -0.199. The van der Waals surface area contributed by atoms with Crippen molar-refractivity contribution in [2.45, 2.75) is 57.2 Å². The summed E-state index contributed by atoms with van der Waals surface area (Å²) in [6.45, 7) is 5.75. The number of methoxy groups -OCH3 is 2. The van der Waals surface area contributed by atoms with Crippen LogP contribution in [0, 0.1) is 0 Å². The molecule has 272 valence electrons. The molecular weight excluding hydrogens is 667 g/mol. The zero-order valence-electron chi connectivity index (χ0n) is 30.0. The van der Waals surface area contributed by atoms with Gasteiger partial charge >= 0.3 is 12.1 Å². The Labute approximate surface area is 302 Å². The van der Waals surface area contributed by atoms with Crippen LogP contribution in [-0.2, 0) is 46.1 Å². The molecule has 10 nitrogen and oxygen atoms in total. The van der Waals surface area contributed by atoms with E-state index in [4.69, 9.17) is 28.1 Å². The van der Waals surface area contributed by atoms with Crippen molar-refractivity contribution in [2.24, 2.45) is 0 Å². The number of carboxylic acid groups (broad SMARTS) is 1. The number of carbonyl (C=O) groups is 2. The third-order valence-corrected chi connectivity index (χ3v) is 13.6. The fraction of sp³-hybridized carbons (Fsp3) is 0.350. The third kappa shape index (κ3) is 10.3. The number of ether oxygens (including phenoxy) is 5. The lowest BCUT2D eigenvalue weighted by molar-refractivity contribution is -0.191. The minimum Gasteiger partial charge on any atom is -0.480 e. The summed E-state index contributed by atoms with van der Waals surface area (Å²) in [6, 6.07) is 36.9. The first-order valence-corrected chi connectivity index (χ1v) is 18.7. The van der Waals surface area contributed by atoms with Gasteiger partial charge in [0.1, 0.15) is 32.4 Å². The van der Waals surface area contributed by atoms with Crippen molar-refractivity contribution >= 4 is 30.8 Å². The Bertz CT molecular complexity index is 1570. The standard InChI is InChI=1S/C40H49NO9Si/c1-40(2,3)51(33-22-14-8-15-23-33,34-24-16-9-17-25-34)50-28-35(48-29-45-4)37(49-30-46-5)36(38(42)43)41(26-31-18-10-6-11-19-31)39(44)47-27-32-20-12-7-13-21-32/h6-25,35-37H,26-30H2,1-5H3,(H,42,43)/t35-,36-,37+/m0/s1. The van der Waals surface area contributed by atoms with Gasteiger partial charge in [0.05, 0.1) is 13.2 Å². The molecule has 4 aromatic carbocycles. The van der Waals surface area contributed by atoms with E-state index in [1.54, 1.807) is 0 Å². The summed E-state index contributed by atoms with van der Waals surface area (Å²) < 4.78 is 35.9. The van der Waals surface area contributed by atoms with Crippen molar-refractivity contribution in [3.8, 4) is 0 Å². The third-order valence-electron chi connectivity index (χ3n) is 8.56. The second kappa shape index (κ2) is 19.3. The van der Waals surface area contributed by atoms with Crippen LogP contribution >= 0.6 is 0 Å². The van der Waals surface area contributed by atoms with Crippen LogP contribution in [0.25, 0.3) is 0 Å². The van der Waals surface area contributed by atoms with Gasteiger partial charge < -0.3 is 33.2 Å². The van der Waals surface area contributed by atoms with Gasteiger partial charge in [-0.1, -0.05) is 142 Å². The van der Waals surface area contributed by atoms with Gasteiger partial charge in [-0.2, -0.15) is 0 Å². The molecule has 0 fully saturated rings. The van der Waals surface area contributed by atoms with Crippen molar-refractivity contribution in [3.63, 3.8) is 0 Å². The number of rotatable bonds is 19. The largest absolute Gasteiger partial charge is 0.480 e. The Kier molecular flexibility index (Phi) is 14.9. The van der Waals surface area contributed by atoms with Gasteiger partial charge in [0.15, 0.2) is 6.04 Å². The first kappa shape index (κ1) is 39.4. The van der Waals surface area contributed by atoms with E-state index in [-0.39, 0.29) is 38.4 Å². The molecule has 0 aliphatic rings. The molecule has 4 rings (SSSR count). The molecule has 0 aliphatic heterocycles. The molecule has 51 heavy (non-hydrogen) atoms. The number of aliphatic carboxylic acids is 1. The Morgan fingerprint density at radius 2 is 1.18 bits per heavy atom. The van der Waals surface area contributed by atoms with Crippen LogP contribution in [-0.4, -0.2) is 83.0 Å². The molecule has 4 aromatic rings. The average Bonchev–Trinajstić information content (AvgIpc) is 3.14. The molecule has 1 amide bonds. The molecule has 1 N–H and O–H groups in total. The van der Waals surface area contributed by atoms with Gasteiger partial charge in [-0.25, -0.2) is 9.59 Å². The molecule has 0 aliphatic carbocycles. The molecular formula is C40H49NO9Si. The number of carboxylic acids is 1. The first-order valence-electron chi connectivity index (χ1n) is 16.8. The van der Waals surface area contributed by atoms with E-state index in [0.717, 1.165) is 20.8 Å². The lowest BCUT2D eigenvalue weighted by Gasteiger charge is -2.44. The number of hydrogen-bond donors (Lipinski definition) is 1. The van der Waals surface area contributed by atoms with Crippen molar-refractivity contribution in [2.75, 3.05) is 34.4 Å². The Morgan fingerprint density at radius 3 is 1.65 bits per heavy atom. The van der Waals surface area contributed by atoms with Gasteiger partial charge in [0.2, 0.25) is 0 Å². The number of carbonyl (C=O) groups excluding carboxylic acids is 1. The highest BCUT2D eigenvalue weighted by Gasteiger charge is 2.52. The van der Waals surface area contributed by atoms with Crippen molar-refractivity contribution in [1.29, 1.82) is 0 Å². The molecule has 3 atom stereocenters. The molecule has 0 saturated carbocycles. The zero-order chi connectivity index (χ0) is 36.7. The lowest BCUT2D eigenvalue weighted by atomic mass is 10.0. The smallest absolute Gasteiger partial charge is 0.411 e. The van der Waals surface area contributed by atoms with Crippen molar-refractivity contribution in [1.82, 2.24) is 4.90 Å². The summed E-state index contributed by atoms with van der Waals surface area (Å²) in [5.74, 6) is -1.32. The fourth-order valence-electron chi connectivity index (χ4n) is 6.22. The molecule has 0 bridgehead atoms. The minimum atomic E-state index is -3.11. The van der Waals surface area contributed by atoms with Crippen molar-refractivity contribution in [3.05, 3.63) is 132 Å². The number of hydrogen-bond acceptors (Lipinski definition) is 8. The molecule has 0 aromatic heterocycles. The van der Waals surface area contributed by atoms with Crippen molar-refractivity contribution < 1.29 is 42.8 Å². The summed E-state index contributed by atoms with van der Waals surface area (Å²) >= 11 is 0. The maximum atomic E-state index is 14.0. The number of nitrogens with zero attached hydrogens (tertiary/aromatic N) is 1. The first-order chi connectivity index (χ1) is 24.6. The number of benzene rings is 4. The van der Waals surface area contributed by atoms with Crippen LogP contribution < -0.4 is 10.4 Å². The Balaban J connectivity index is 1.79. The van der Waals surface area contributed by atoms with Gasteiger partial charge in [-0.15, -0.1) is 0 Å². The normalized spacial score (nSPS) is 13.6. The van der Waals surface area contributed by atoms with Gasteiger partial charge in [-0.3, -0.25) is 4.90 Å². The van der Waals surface area contributed by atoms with Crippen LogP contribution in [0.5, 0.6) is 0 Å². The highest BCUT2D eigenvalue weighted by molar-refractivity contribution is 6.99. The van der Waals surface area contributed by atoms with E-state index in [1.165, 1.54) is 14.2 Å². The maximum absolute atomic E-state index is 14.0. The predicted octanol–water partition coefficient (Wildman–Crippen LogP) is 5.83. The second-order valence-corrected chi connectivity index (χ2v) is 17.4. The molecule has 0 heterocycles. The molecule has 0 unspecified atom stereocenters. The van der Waals surface area contributed by atoms with E-state index < -0.39 is 38.6 Å². The number of amides is 1. The van der Waals surface area contributed by atoms with Crippen LogP contribution in [0.2, 0.25) is 5.04 Å². The maximum Gasteiger partial charge on any atom is 0.411 e. The van der Waals surface area contributed by atoms with E-state index >= 15 is 0 Å². The molecule has 11 heteroatoms. The zero-order valence-corrected chi connectivity index (χ0v) is 31.0. The fourth-order valence-corrected chi connectivity index (χ4v) is 10.8. The lowest BCUT2D eigenvalue weighted by Crippen LogP contribution is -2.68. The molecule has 0 radical (unpaired) electrons. The van der Waals surface area contributed by atoms with Crippen LogP contribution in [0.4, 0.5) is 4.79 Å². The molecule has 0 saturated heterocycles. The van der Waals surface area contributed by atoms with E-state index in [1.807, 2.05) is 97.1 Å². The van der Waals surface area contributed by atoms with E-state index in [9.17, 15) is 14.7 Å². The molecule has 0 spiro atoms. The van der Waals surface area contributed by atoms with Crippen LogP contribution in [0.1, 0.15) is 31.9 Å². The predicted molar refractivity (Wildman–Crippen MR) is 197 cm³/mol. The SMILES string of the molecule is COCO[C@H]([C@H](CO[Si](c1ccccc1)(c1ccccc1)C(C)(C)C)OCOC)[C@@H](C(=O)O)N(Cc1ccccc1)C(=O)OCc1ccccc1. The van der Waals surface area contributed by atoms with Gasteiger partial charge in [0, 0.05) is 14.2 Å². The minimum absolute atomic E-state index is 0.0541. The summed E-state index contributed by atoms with van der Waals surface area (Å²) in [5, 5.41) is 12.6. The monoisotopic (exact) mass is 715 g/mol. The van der Waals surface area contributed by atoms with E-state index in [0.29, 0.717) is 5.56 Å². The highest BCUT2D eigenvalue weighted by atomic mass is 28.4. The quantitative estimate of drug-likeness (QED) is 0.0947. The van der Waals surface area contributed by atoms with Crippen LogP contribution in [0.3, 0.4) is 0 Å². The summed E-state index contributed by atoms with van der Waals surface area (Å²) in [6.07, 6.45) is -3.16. The Hall–Kier alpha value is -4.36. The van der Waals surface area contributed by atoms with Crippen LogP contribution in [0.15, 0.2) is 121 Å². The van der Waals surface area contributed by atoms with Gasteiger partial charge in [-0.05, 0) is 26.5 Å². The van der Waals surface area contributed by atoms with E-state index in [2.05, 4.69) is 45.0 Å². The topological polar surface area (TPSA) is 113 Å². The average molecular weight is 716 g/mol. The summed E-state index contributed by atoms with van der Waals surface area (Å²) in [4.78, 5) is 28.5. The highest BCUT2D eigenvalue weighted by Crippen LogP contribution is 2.37. The Morgan fingerprint density at radius 1 is 0.706 bits per heavy atom. The summed E-state index contributed by atoms with van der Waals surface area (Å²) in [5.41, 5.74) is 1.45. The van der Waals surface area contributed by atoms with Gasteiger partial charge in [0.25, 0.3) is 8.32 Å². The second-order valence-electron chi connectivity index (χ2n) is 13.1.